The van der Waals surface area contributed by atoms with Crippen molar-refractivity contribution in [1.29, 1.82) is 0 Å². The number of hydrogen-bond acceptors (Lipinski definition) is 5. The second-order valence-corrected chi connectivity index (χ2v) is 5.58. The van der Waals surface area contributed by atoms with Crippen LogP contribution in [-0.2, 0) is 14.4 Å². The fourth-order valence-electron chi connectivity index (χ4n) is 2.04. The van der Waals surface area contributed by atoms with Crippen LogP contribution in [0, 0.1) is 0 Å². The topological polar surface area (TPSA) is 87.1 Å². The van der Waals surface area contributed by atoms with Crippen molar-refractivity contribution in [2.24, 2.45) is 4.99 Å². The maximum Gasteiger partial charge on any atom is 0.333 e. The SMILES string of the molecule is CCCCN1C(=O)CC(=O)N(CCCC)C1=O.CCCCN=C=O. The van der Waals surface area contributed by atoms with Crippen molar-refractivity contribution in [1.82, 2.24) is 9.80 Å². The molecular weight excluding hydrogens is 310 g/mol. The van der Waals surface area contributed by atoms with E-state index in [1.54, 1.807) is 0 Å². The van der Waals surface area contributed by atoms with Gasteiger partial charge in [0, 0.05) is 13.1 Å². The number of nitrogens with zero attached hydrogens (tertiary/aromatic N) is 3. The lowest BCUT2D eigenvalue weighted by atomic mass is 10.2. The first-order valence-corrected chi connectivity index (χ1v) is 8.71. The predicted molar refractivity (Wildman–Crippen MR) is 91.2 cm³/mol. The molecule has 4 amide bonds. The number of carbonyl (C=O) groups excluding carboxylic acids is 4. The summed E-state index contributed by atoms with van der Waals surface area (Å²) in [4.78, 5) is 50.3. The quantitative estimate of drug-likeness (QED) is 0.280. The van der Waals surface area contributed by atoms with Crippen molar-refractivity contribution in [3.63, 3.8) is 0 Å². The number of barbiturate groups is 1. The van der Waals surface area contributed by atoms with Gasteiger partial charge in [-0.25, -0.2) is 14.6 Å². The van der Waals surface area contributed by atoms with Crippen LogP contribution in [0.4, 0.5) is 4.79 Å². The van der Waals surface area contributed by atoms with Crippen molar-refractivity contribution in [2.45, 2.75) is 65.7 Å². The summed E-state index contributed by atoms with van der Waals surface area (Å²) in [5, 5.41) is 0. The van der Waals surface area contributed by atoms with Crippen molar-refractivity contribution in [2.75, 3.05) is 19.6 Å². The third-order valence-corrected chi connectivity index (χ3v) is 3.52. The lowest BCUT2D eigenvalue weighted by molar-refractivity contribution is -0.142. The molecule has 0 aliphatic carbocycles. The molecule has 7 heteroatoms. The molecule has 0 aromatic carbocycles. The number of urea groups is 1. The van der Waals surface area contributed by atoms with Crippen LogP contribution in [0.25, 0.3) is 0 Å². The van der Waals surface area contributed by atoms with E-state index in [9.17, 15) is 19.2 Å². The summed E-state index contributed by atoms with van der Waals surface area (Å²) in [5.74, 6) is -0.720. The maximum absolute atomic E-state index is 12.0. The van der Waals surface area contributed by atoms with E-state index in [4.69, 9.17) is 0 Å². The lowest BCUT2D eigenvalue weighted by Gasteiger charge is -2.32. The first-order chi connectivity index (χ1) is 11.5. The third kappa shape index (κ3) is 8.02. The number of carbonyl (C=O) groups is 3. The summed E-state index contributed by atoms with van der Waals surface area (Å²) in [6, 6.07) is -0.437. The standard InChI is InChI=1S/C12H20N2O3.C5H9NO/c1-3-5-7-13-10(15)9-11(16)14(12(13)17)8-6-4-2;1-2-3-4-6-5-7/h3-9H2,1-2H3;2-4H2,1H3. The van der Waals surface area contributed by atoms with E-state index in [1.807, 2.05) is 13.8 Å². The normalized spacial score (nSPS) is 14.2. The second kappa shape index (κ2) is 13.4. The molecule has 136 valence electrons. The van der Waals surface area contributed by atoms with Gasteiger partial charge in [-0.05, 0) is 19.3 Å². The average molecular weight is 339 g/mol. The molecule has 0 aromatic heterocycles. The van der Waals surface area contributed by atoms with E-state index < -0.39 is 6.03 Å². The fraction of sp³-hybridized carbons (Fsp3) is 0.765. The van der Waals surface area contributed by atoms with Crippen molar-refractivity contribution < 1.29 is 19.2 Å². The van der Waals surface area contributed by atoms with E-state index in [-0.39, 0.29) is 18.2 Å². The molecule has 0 unspecified atom stereocenters. The Morgan fingerprint density at radius 2 is 1.33 bits per heavy atom. The van der Waals surface area contributed by atoms with Gasteiger partial charge in [0.2, 0.25) is 17.9 Å². The van der Waals surface area contributed by atoms with E-state index in [0.29, 0.717) is 19.6 Å². The number of aliphatic imine (C=N–C) groups is 1. The molecule has 1 heterocycles. The van der Waals surface area contributed by atoms with E-state index >= 15 is 0 Å². The Bertz CT molecular complexity index is 431. The maximum atomic E-state index is 12.0. The largest absolute Gasteiger partial charge is 0.333 e. The third-order valence-electron chi connectivity index (χ3n) is 3.52. The monoisotopic (exact) mass is 339 g/mol. The minimum absolute atomic E-state index is 0.167. The zero-order valence-corrected chi connectivity index (χ0v) is 15.0. The predicted octanol–water partition coefficient (Wildman–Crippen LogP) is 2.89. The summed E-state index contributed by atoms with van der Waals surface area (Å²) in [5.41, 5.74) is 0. The number of imide groups is 2. The number of amides is 4. The molecule has 7 nitrogen and oxygen atoms in total. The molecule has 1 saturated heterocycles. The first-order valence-electron chi connectivity index (χ1n) is 8.71. The minimum Gasteiger partial charge on any atom is -0.274 e. The highest BCUT2D eigenvalue weighted by Crippen LogP contribution is 2.14. The van der Waals surface area contributed by atoms with Gasteiger partial charge in [-0.15, -0.1) is 0 Å². The van der Waals surface area contributed by atoms with Gasteiger partial charge >= 0.3 is 6.03 Å². The van der Waals surface area contributed by atoms with Gasteiger partial charge in [-0.3, -0.25) is 19.4 Å². The summed E-state index contributed by atoms with van der Waals surface area (Å²) < 4.78 is 0. The zero-order valence-electron chi connectivity index (χ0n) is 15.0. The Morgan fingerprint density at radius 1 is 0.875 bits per heavy atom. The average Bonchev–Trinajstić information content (AvgIpc) is 2.55. The van der Waals surface area contributed by atoms with Gasteiger partial charge in [-0.2, -0.15) is 0 Å². The van der Waals surface area contributed by atoms with Gasteiger partial charge in [0.05, 0.1) is 6.54 Å². The summed E-state index contributed by atoms with van der Waals surface area (Å²) >= 11 is 0. The van der Waals surface area contributed by atoms with E-state index in [1.165, 1.54) is 15.9 Å². The molecule has 1 rings (SSSR count). The Kier molecular flexibility index (Phi) is 12.3. The number of isocyanates is 1. The van der Waals surface area contributed by atoms with E-state index in [2.05, 4.69) is 11.9 Å². The van der Waals surface area contributed by atoms with Crippen LogP contribution >= 0.6 is 0 Å². The minimum atomic E-state index is -0.437. The Balaban J connectivity index is 0.000000640. The molecule has 0 atom stereocenters. The number of hydrogen-bond donors (Lipinski definition) is 0. The molecule has 0 bridgehead atoms. The van der Waals surface area contributed by atoms with Crippen LogP contribution in [-0.4, -0.2) is 53.4 Å². The lowest BCUT2D eigenvalue weighted by Crippen LogP contribution is -2.55. The van der Waals surface area contributed by atoms with Crippen molar-refractivity contribution in [3.8, 4) is 0 Å². The molecular formula is C17H29N3O4. The van der Waals surface area contributed by atoms with Crippen LogP contribution in [0.15, 0.2) is 4.99 Å². The van der Waals surface area contributed by atoms with Gasteiger partial charge in [0.1, 0.15) is 6.42 Å². The number of unbranched alkanes of at least 4 members (excludes halogenated alkanes) is 3. The molecule has 0 radical (unpaired) electrons. The van der Waals surface area contributed by atoms with Crippen LogP contribution in [0.5, 0.6) is 0 Å². The molecule has 1 aliphatic heterocycles. The highest BCUT2D eigenvalue weighted by Gasteiger charge is 2.36. The highest BCUT2D eigenvalue weighted by atomic mass is 16.2. The van der Waals surface area contributed by atoms with Crippen molar-refractivity contribution >= 4 is 23.9 Å². The molecule has 0 spiro atoms. The Labute approximate surface area is 144 Å². The fourth-order valence-corrected chi connectivity index (χ4v) is 2.04. The molecule has 0 aromatic rings. The zero-order chi connectivity index (χ0) is 18.4. The molecule has 0 saturated carbocycles. The molecule has 1 fully saturated rings. The Hall–Kier alpha value is -2.01. The van der Waals surface area contributed by atoms with Gasteiger partial charge < -0.3 is 0 Å². The Morgan fingerprint density at radius 3 is 1.71 bits per heavy atom. The van der Waals surface area contributed by atoms with Gasteiger partial charge in [0.15, 0.2) is 0 Å². The first kappa shape index (κ1) is 22.0. The van der Waals surface area contributed by atoms with Crippen molar-refractivity contribution in [3.05, 3.63) is 0 Å². The molecule has 1 aliphatic rings. The van der Waals surface area contributed by atoms with E-state index in [0.717, 1.165) is 38.5 Å². The summed E-state index contributed by atoms with van der Waals surface area (Å²) in [6.45, 7) is 7.53. The molecule has 0 N–H and O–H groups in total. The highest BCUT2D eigenvalue weighted by molar-refractivity contribution is 6.14. The smallest absolute Gasteiger partial charge is 0.274 e. The van der Waals surface area contributed by atoms with Crippen LogP contribution in [0.2, 0.25) is 0 Å². The van der Waals surface area contributed by atoms with Crippen LogP contribution < -0.4 is 0 Å². The van der Waals surface area contributed by atoms with Gasteiger partial charge in [0.25, 0.3) is 0 Å². The van der Waals surface area contributed by atoms with Crippen LogP contribution in [0.3, 0.4) is 0 Å². The molecule has 24 heavy (non-hydrogen) atoms. The summed E-state index contributed by atoms with van der Waals surface area (Å²) in [7, 11) is 0. The summed E-state index contributed by atoms with van der Waals surface area (Å²) in [6.07, 6.45) is 6.80. The van der Waals surface area contributed by atoms with Gasteiger partial charge in [-0.1, -0.05) is 40.0 Å². The number of rotatable bonds is 9. The van der Waals surface area contributed by atoms with Crippen LogP contribution in [0.1, 0.15) is 65.7 Å². The second-order valence-electron chi connectivity index (χ2n) is 5.58.